The fraction of sp³-hybridized carbons (Fsp3) is 0.400. The third kappa shape index (κ3) is 4.82. The summed E-state index contributed by atoms with van der Waals surface area (Å²) >= 11 is 0. The van der Waals surface area contributed by atoms with Crippen LogP contribution in [0.25, 0.3) is 0 Å². The van der Waals surface area contributed by atoms with E-state index in [1.54, 1.807) is 6.20 Å². The summed E-state index contributed by atoms with van der Waals surface area (Å²) in [6.07, 6.45) is 3.56. The van der Waals surface area contributed by atoms with Crippen LogP contribution in [0.5, 0.6) is 0 Å². The van der Waals surface area contributed by atoms with Crippen molar-refractivity contribution in [2.75, 3.05) is 11.9 Å². The fourth-order valence-electron chi connectivity index (χ4n) is 2.51. The monoisotopic (exact) mass is 325 g/mol. The number of pyridine rings is 1. The number of para-hydroxylation sites is 1. The van der Waals surface area contributed by atoms with Crippen molar-refractivity contribution in [2.24, 2.45) is 5.92 Å². The van der Waals surface area contributed by atoms with Gasteiger partial charge in [-0.2, -0.15) is 0 Å². The van der Waals surface area contributed by atoms with Crippen LogP contribution in [0.15, 0.2) is 36.5 Å². The number of anilines is 2. The standard InChI is InChI=1S/C20H27N3O/c1-5-16-8-6-7-15(4)19(16)23-18-10-9-17(13-22-18)20(24)21-12-11-14(2)3/h6-10,13-14H,5,11-12H2,1-4H3,(H,21,24)(H,22,23). The summed E-state index contributed by atoms with van der Waals surface area (Å²) in [6.45, 7) is 9.20. The first-order chi connectivity index (χ1) is 11.5. The van der Waals surface area contributed by atoms with Crippen LogP contribution in [-0.2, 0) is 6.42 Å². The minimum Gasteiger partial charge on any atom is -0.352 e. The van der Waals surface area contributed by atoms with Crippen LogP contribution < -0.4 is 10.6 Å². The summed E-state index contributed by atoms with van der Waals surface area (Å²) in [6, 6.07) is 9.93. The second-order valence-corrected chi connectivity index (χ2v) is 6.46. The molecule has 0 aliphatic rings. The highest BCUT2D eigenvalue weighted by Crippen LogP contribution is 2.24. The minimum atomic E-state index is -0.0696. The molecule has 0 bridgehead atoms. The number of carbonyl (C=O) groups is 1. The van der Waals surface area contributed by atoms with Gasteiger partial charge in [0.05, 0.1) is 5.56 Å². The van der Waals surface area contributed by atoms with Gasteiger partial charge in [-0.3, -0.25) is 4.79 Å². The highest BCUT2D eigenvalue weighted by molar-refractivity contribution is 5.94. The highest BCUT2D eigenvalue weighted by Gasteiger charge is 2.08. The van der Waals surface area contributed by atoms with E-state index >= 15 is 0 Å². The van der Waals surface area contributed by atoms with Gasteiger partial charge in [0, 0.05) is 18.4 Å². The molecule has 0 aliphatic heterocycles. The van der Waals surface area contributed by atoms with Gasteiger partial charge in [-0.05, 0) is 48.9 Å². The van der Waals surface area contributed by atoms with Gasteiger partial charge >= 0.3 is 0 Å². The maximum absolute atomic E-state index is 12.1. The van der Waals surface area contributed by atoms with Crippen molar-refractivity contribution in [3.8, 4) is 0 Å². The molecule has 4 heteroatoms. The quantitative estimate of drug-likeness (QED) is 0.789. The molecule has 2 rings (SSSR count). The normalized spacial score (nSPS) is 10.7. The molecule has 2 aromatic rings. The molecule has 0 atom stereocenters. The minimum absolute atomic E-state index is 0.0696. The molecule has 0 saturated heterocycles. The average molecular weight is 325 g/mol. The predicted molar refractivity (Wildman–Crippen MR) is 99.9 cm³/mol. The van der Waals surface area contributed by atoms with Crippen LogP contribution in [-0.4, -0.2) is 17.4 Å². The van der Waals surface area contributed by atoms with Gasteiger partial charge in [-0.1, -0.05) is 39.0 Å². The van der Waals surface area contributed by atoms with E-state index in [2.05, 4.69) is 61.5 Å². The number of aromatic nitrogens is 1. The van der Waals surface area contributed by atoms with E-state index in [1.165, 1.54) is 11.1 Å². The molecule has 1 aromatic heterocycles. The number of hydrogen-bond acceptors (Lipinski definition) is 3. The predicted octanol–water partition coefficient (Wildman–Crippen LogP) is 4.47. The van der Waals surface area contributed by atoms with Crippen molar-refractivity contribution < 1.29 is 4.79 Å². The van der Waals surface area contributed by atoms with Crippen LogP contribution in [0.1, 0.15) is 48.7 Å². The molecule has 0 radical (unpaired) electrons. The van der Waals surface area contributed by atoms with Gasteiger partial charge in [-0.15, -0.1) is 0 Å². The lowest BCUT2D eigenvalue weighted by molar-refractivity contribution is 0.0951. The lowest BCUT2D eigenvalue weighted by Gasteiger charge is -2.13. The van der Waals surface area contributed by atoms with E-state index in [-0.39, 0.29) is 5.91 Å². The molecule has 4 nitrogen and oxygen atoms in total. The summed E-state index contributed by atoms with van der Waals surface area (Å²) in [7, 11) is 0. The number of hydrogen-bond donors (Lipinski definition) is 2. The molecule has 1 amide bonds. The van der Waals surface area contributed by atoms with Crippen molar-refractivity contribution in [2.45, 2.75) is 40.5 Å². The number of nitrogens with zero attached hydrogens (tertiary/aromatic N) is 1. The fourth-order valence-corrected chi connectivity index (χ4v) is 2.51. The number of aryl methyl sites for hydroxylation is 2. The van der Waals surface area contributed by atoms with Crippen molar-refractivity contribution in [1.82, 2.24) is 10.3 Å². The lowest BCUT2D eigenvalue weighted by Crippen LogP contribution is -2.25. The molecule has 24 heavy (non-hydrogen) atoms. The van der Waals surface area contributed by atoms with Crippen molar-refractivity contribution in [1.29, 1.82) is 0 Å². The molecule has 0 fully saturated rings. The zero-order valence-corrected chi connectivity index (χ0v) is 15.0. The molecule has 1 heterocycles. The molecule has 1 aromatic carbocycles. The lowest BCUT2D eigenvalue weighted by atomic mass is 10.1. The van der Waals surface area contributed by atoms with Crippen molar-refractivity contribution in [3.63, 3.8) is 0 Å². The zero-order valence-electron chi connectivity index (χ0n) is 15.0. The Balaban J connectivity index is 2.04. The summed E-state index contributed by atoms with van der Waals surface area (Å²) in [4.78, 5) is 16.5. The smallest absolute Gasteiger partial charge is 0.252 e. The van der Waals surface area contributed by atoms with E-state index < -0.39 is 0 Å². The SMILES string of the molecule is CCc1cccc(C)c1Nc1ccc(C(=O)NCCC(C)C)cn1. The Labute approximate surface area is 144 Å². The maximum atomic E-state index is 12.1. The molecule has 0 aliphatic carbocycles. The van der Waals surface area contributed by atoms with E-state index in [4.69, 9.17) is 0 Å². The van der Waals surface area contributed by atoms with E-state index in [9.17, 15) is 4.79 Å². The van der Waals surface area contributed by atoms with Crippen LogP contribution >= 0.6 is 0 Å². The van der Waals surface area contributed by atoms with Crippen LogP contribution in [0.2, 0.25) is 0 Å². The summed E-state index contributed by atoms with van der Waals surface area (Å²) < 4.78 is 0. The van der Waals surface area contributed by atoms with Gasteiger partial charge in [0.15, 0.2) is 0 Å². The number of benzene rings is 1. The summed E-state index contributed by atoms with van der Waals surface area (Å²) in [5, 5.41) is 6.30. The molecule has 0 saturated carbocycles. The molecule has 128 valence electrons. The van der Waals surface area contributed by atoms with E-state index in [0.29, 0.717) is 18.0 Å². The number of rotatable bonds is 7. The molecular weight excluding hydrogens is 298 g/mol. The van der Waals surface area contributed by atoms with Gasteiger partial charge in [0.1, 0.15) is 5.82 Å². The first kappa shape index (κ1) is 18.0. The Kier molecular flexibility index (Phi) is 6.36. The Morgan fingerprint density at radius 3 is 2.62 bits per heavy atom. The average Bonchev–Trinajstić information content (AvgIpc) is 2.57. The molecule has 2 N–H and O–H groups in total. The largest absolute Gasteiger partial charge is 0.352 e. The third-order valence-corrected chi connectivity index (χ3v) is 4.03. The van der Waals surface area contributed by atoms with Gasteiger partial charge in [-0.25, -0.2) is 4.98 Å². The van der Waals surface area contributed by atoms with Gasteiger partial charge < -0.3 is 10.6 Å². The van der Waals surface area contributed by atoms with Crippen molar-refractivity contribution in [3.05, 3.63) is 53.2 Å². The number of carbonyl (C=O) groups excluding carboxylic acids is 1. The maximum Gasteiger partial charge on any atom is 0.252 e. The van der Waals surface area contributed by atoms with E-state index in [1.807, 2.05) is 12.1 Å². The van der Waals surface area contributed by atoms with Crippen molar-refractivity contribution >= 4 is 17.4 Å². The first-order valence-corrected chi connectivity index (χ1v) is 8.61. The zero-order chi connectivity index (χ0) is 17.5. The number of amides is 1. The molecular formula is C20H27N3O. The Morgan fingerprint density at radius 2 is 2.00 bits per heavy atom. The van der Waals surface area contributed by atoms with Crippen LogP contribution in [0, 0.1) is 12.8 Å². The Morgan fingerprint density at radius 1 is 1.21 bits per heavy atom. The third-order valence-electron chi connectivity index (χ3n) is 4.03. The topological polar surface area (TPSA) is 54.0 Å². The summed E-state index contributed by atoms with van der Waals surface area (Å²) in [5.41, 5.74) is 4.13. The van der Waals surface area contributed by atoms with Gasteiger partial charge in [0.25, 0.3) is 5.91 Å². The second kappa shape index (κ2) is 8.48. The highest BCUT2D eigenvalue weighted by atomic mass is 16.1. The van der Waals surface area contributed by atoms with E-state index in [0.717, 1.165) is 24.3 Å². The van der Waals surface area contributed by atoms with Gasteiger partial charge in [0.2, 0.25) is 0 Å². The molecule has 0 unspecified atom stereocenters. The van der Waals surface area contributed by atoms with Crippen LogP contribution in [0.4, 0.5) is 11.5 Å². The Bertz CT molecular complexity index is 678. The second-order valence-electron chi connectivity index (χ2n) is 6.46. The first-order valence-electron chi connectivity index (χ1n) is 8.61. The van der Waals surface area contributed by atoms with Crippen LogP contribution in [0.3, 0.4) is 0 Å². The number of nitrogens with one attached hydrogen (secondary N) is 2. The Hall–Kier alpha value is -2.36. The molecule has 0 spiro atoms. The summed E-state index contributed by atoms with van der Waals surface area (Å²) in [5.74, 6) is 1.26.